The first-order valence-electron chi connectivity index (χ1n) is 5.48. The van der Waals surface area contributed by atoms with E-state index in [-0.39, 0.29) is 0 Å². The largest absolute Gasteiger partial charge is 0.468 e. The predicted octanol–water partition coefficient (Wildman–Crippen LogP) is 2.21. The highest BCUT2D eigenvalue weighted by Gasteiger charge is 2.16. The maximum atomic E-state index is 11.2. The Hall–Kier alpha value is -1.87. The summed E-state index contributed by atoms with van der Waals surface area (Å²) in [5.41, 5.74) is 8.72. The SMILES string of the molecule is COC(=O)C([NH])Cc1cccc2ccccc12. The van der Waals surface area contributed by atoms with E-state index in [1.807, 2.05) is 42.5 Å². The minimum Gasteiger partial charge on any atom is -0.468 e. The molecule has 2 rings (SSSR count). The van der Waals surface area contributed by atoms with Crippen molar-refractivity contribution in [2.75, 3.05) is 7.11 Å². The van der Waals surface area contributed by atoms with E-state index in [0.29, 0.717) is 6.42 Å². The molecule has 2 aromatic rings. The summed E-state index contributed by atoms with van der Waals surface area (Å²) in [6, 6.07) is 13.0. The van der Waals surface area contributed by atoms with E-state index in [4.69, 9.17) is 5.73 Å². The average molecular weight is 228 g/mol. The summed E-state index contributed by atoms with van der Waals surface area (Å²) in [7, 11) is 1.31. The summed E-state index contributed by atoms with van der Waals surface area (Å²) in [5.74, 6) is -0.488. The number of carbonyl (C=O) groups is 1. The lowest BCUT2D eigenvalue weighted by Crippen LogP contribution is -2.25. The van der Waals surface area contributed by atoms with Crippen LogP contribution in [0.3, 0.4) is 0 Å². The zero-order valence-electron chi connectivity index (χ0n) is 9.64. The summed E-state index contributed by atoms with van der Waals surface area (Å²) >= 11 is 0. The van der Waals surface area contributed by atoms with Gasteiger partial charge in [-0.25, -0.2) is 5.73 Å². The molecule has 87 valence electrons. The number of benzene rings is 2. The van der Waals surface area contributed by atoms with Gasteiger partial charge in [-0.3, -0.25) is 4.79 Å². The fourth-order valence-corrected chi connectivity index (χ4v) is 1.92. The molecule has 1 N–H and O–H groups in total. The fraction of sp³-hybridized carbons (Fsp3) is 0.214. The first kappa shape index (κ1) is 11.6. The van der Waals surface area contributed by atoms with Crippen LogP contribution < -0.4 is 5.73 Å². The molecule has 3 heteroatoms. The highest BCUT2D eigenvalue weighted by molar-refractivity contribution is 5.86. The summed E-state index contributed by atoms with van der Waals surface area (Å²) in [6.45, 7) is 0. The Balaban J connectivity index is 2.33. The predicted molar refractivity (Wildman–Crippen MR) is 66.6 cm³/mol. The lowest BCUT2D eigenvalue weighted by atomic mass is 9.99. The van der Waals surface area contributed by atoms with Crippen molar-refractivity contribution in [1.29, 1.82) is 0 Å². The van der Waals surface area contributed by atoms with Gasteiger partial charge in [-0.2, -0.15) is 0 Å². The first-order valence-corrected chi connectivity index (χ1v) is 5.48. The van der Waals surface area contributed by atoms with Gasteiger partial charge in [0.05, 0.1) is 7.11 Å². The van der Waals surface area contributed by atoms with Crippen LogP contribution in [0.15, 0.2) is 42.5 Å². The van der Waals surface area contributed by atoms with Crippen LogP contribution in [0.1, 0.15) is 5.56 Å². The van der Waals surface area contributed by atoms with Crippen LogP contribution in [0.4, 0.5) is 0 Å². The minimum atomic E-state index is -0.856. The molecule has 0 saturated heterocycles. The van der Waals surface area contributed by atoms with E-state index in [1.54, 1.807) is 0 Å². The fourth-order valence-electron chi connectivity index (χ4n) is 1.92. The Labute approximate surface area is 100 Å². The maximum Gasteiger partial charge on any atom is 0.324 e. The summed E-state index contributed by atoms with van der Waals surface area (Å²) in [6.07, 6.45) is 0.383. The molecular weight excluding hydrogens is 214 g/mol. The smallest absolute Gasteiger partial charge is 0.324 e. The van der Waals surface area contributed by atoms with Crippen molar-refractivity contribution < 1.29 is 9.53 Å². The van der Waals surface area contributed by atoms with Gasteiger partial charge in [0.15, 0.2) is 0 Å². The van der Waals surface area contributed by atoms with E-state index in [2.05, 4.69) is 4.74 Å². The van der Waals surface area contributed by atoms with Gasteiger partial charge in [0, 0.05) is 6.42 Å². The number of rotatable bonds is 3. The third-order valence-electron chi connectivity index (χ3n) is 2.79. The van der Waals surface area contributed by atoms with Crippen molar-refractivity contribution in [2.24, 2.45) is 0 Å². The molecule has 0 bridgehead atoms. The van der Waals surface area contributed by atoms with Gasteiger partial charge in [0.25, 0.3) is 0 Å². The third-order valence-corrected chi connectivity index (χ3v) is 2.79. The van der Waals surface area contributed by atoms with Gasteiger partial charge >= 0.3 is 5.97 Å². The number of fused-ring (bicyclic) bond motifs is 1. The molecule has 1 atom stereocenters. The van der Waals surface area contributed by atoms with Crippen LogP contribution in [0.2, 0.25) is 0 Å². The highest BCUT2D eigenvalue weighted by atomic mass is 16.5. The molecule has 3 nitrogen and oxygen atoms in total. The summed E-state index contributed by atoms with van der Waals surface area (Å²) in [5, 5.41) is 2.22. The Bertz CT molecular complexity index is 531. The van der Waals surface area contributed by atoms with E-state index in [9.17, 15) is 4.79 Å². The van der Waals surface area contributed by atoms with Crippen molar-refractivity contribution in [3.8, 4) is 0 Å². The molecule has 1 radical (unpaired) electrons. The molecule has 2 aromatic carbocycles. The van der Waals surface area contributed by atoms with E-state index < -0.39 is 12.0 Å². The van der Waals surface area contributed by atoms with Crippen LogP contribution in [0.5, 0.6) is 0 Å². The Morgan fingerprint density at radius 1 is 1.24 bits per heavy atom. The average Bonchev–Trinajstić information content (AvgIpc) is 2.38. The van der Waals surface area contributed by atoms with Gasteiger partial charge in [-0.05, 0) is 16.3 Å². The zero-order valence-corrected chi connectivity index (χ0v) is 9.64. The lowest BCUT2D eigenvalue weighted by molar-refractivity contribution is -0.142. The molecule has 0 aliphatic heterocycles. The molecule has 0 fully saturated rings. The number of carbonyl (C=O) groups excluding carboxylic acids is 1. The molecule has 1 unspecified atom stereocenters. The van der Waals surface area contributed by atoms with Crippen LogP contribution in [0.25, 0.3) is 10.8 Å². The number of esters is 1. The molecule has 17 heavy (non-hydrogen) atoms. The second-order valence-electron chi connectivity index (χ2n) is 3.92. The second-order valence-corrected chi connectivity index (χ2v) is 3.92. The van der Waals surface area contributed by atoms with Crippen LogP contribution >= 0.6 is 0 Å². The maximum absolute atomic E-state index is 11.2. The minimum absolute atomic E-state index is 0.383. The van der Waals surface area contributed by atoms with Crippen LogP contribution in [-0.4, -0.2) is 19.1 Å². The number of hydrogen-bond donors (Lipinski definition) is 0. The van der Waals surface area contributed by atoms with Gasteiger partial charge < -0.3 is 4.74 Å². The molecule has 0 heterocycles. The molecule has 0 aliphatic carbocycles. The summed E-state index contributed by atoms with van der Waals surface area (Å²) < 4.78 is 4.57. The van der Waals surface area contributed by atoms with Crippen molar-refractivity contribution >= 4 is 16.7 Å². The van der Waals surface area contributed by atoms with Crippen LogP contribution in [0, 0.1) is 0 Å². The quantitative estimate of drug-likeness (QED) is 0.756. The number of methoxy groups -OCH3 is 1. The van der Waals surface area contributed by atoms with Gasteiger partial charge in [-0.15, -0.1) is 0 Å². The molecular formula is C14H14NO2. The highest BCUT2D eigenvalue weighted by Crippen LogP contribution is 2.19. The molecule has 0 saturated carbocycles. The third kappa shape index (κ3) is 2.45. The van der Waals surface area contributed by atoms with Crippen LogP contribution in [-0.2, 0) is 16.0 Å². The van der Waals surface area contributed by atoms with Gasteiger partial charge in [-0.1, -0.05) is 42.5 Å². The second kappa shape index (κ2) is 4.97. The number of nitrogens with one attached hydrogen (secondary N) is 1. The Morgan fingerprint density at radius 2 is 1.94 bits per heavy atom. The standard InChI is InChI=1S/C14H14NO2/c1-17-14(16)13(15)9-11-7-4-6-10-5-2-3-8-12(10)11/h2-8,13,15H,9H2,1H3. The number of hydrogen-bond acceptors (Lipinski definition) is 2. The van der Waals surface area contributed by atoms with Gasteiger partial charge in [0.2, 0.25) is 0 Å². The van der Waals surface area contributed by atoms with Crippen molar-refractivity contribution in [2.45, 2.75) is 12.5 Å². The van der Waals surface area contributed by atoms with Crippen molar-refractivity contribution in [3.63, 3.8) is 0 Å². The molecule has 0 aliphatic rings. The normalized spacial score (nSPS) is 12.4. The summed E-state index contributed by atoms with van der Waals surface area (Å²) in [4.78, 5) is 11.2. The molecule has 0 aromatic heterocycles. The molecule has 0 spiro atoms. The number of ether oxygens (including phenoxy) is 1. The topological polar surface area (TPSA) is 50.1 Å². The Morgan fingerprint density at radius 3 is 2.71 bits per heavy atom. The first-order chi connectivity index (χ1) is 8.22. The lowest BCUT2D eigenvalue weighted by Gasteiger charge is -2.10. The molecule has 0 amide bonds. The van der Waals surface area contributed by atoms with Crippen molar-refractivity contribution in [1.82, 2.24) is 5.73 Å². The van der Waals surface area contributed by atoms with Gasteiger partial charge in [0.1, 0.15) is 6.04 Å². The Kier molecular flexibility index (Phi) is 3.40. The van der Waals surface area contributed by atoms with E-state index >= 15 is 0 Å². The van der Waals surface area contributed by atoms with E-state index in [0.717, 1.165) is 16.3 Å². The zero-order chi connectivity index (χ0) is 12.3. The van der Waals surface area contributed by atoms with Crippen molar-refractivity contribution in [3.05, 3.63) is 48.0 Å². The monoisotopic (exact) mass is 228 g/mol. The van der Waals surface area contributed by atoms with E-state index in [1.165, 1.54) is 7.11 Å².